The minimum absolute atomic E-state index is 0.280. The normalized spacial score (nSPS) is 28.9. The van der Waals surface area contributed by atoms with Crippen molar-refractivity contribution < 1.29 is 13.2 Å². The molecule has 7 heteroatoms. The van der Waals surface area contributed by atoms with Crippen LogP contribution in [-0.4, -0.2) is 49.6 Å². The molecule has 1 aliphatic heterocycles. The first-order chi connectivity index (χ1) is 7.03. The SMILES string of the molecule is NC(=O)C1CNCCN1S(=O)(=O)C1CC1. The zero-order valence-corrected chi connectivity index (χ0v) is 9.16. The van der Waals surface area contributed by atoms with Gasteiger partial charge in [0.15, 0.2) is 0 Å². The van der Waals surface area contributed by atoms with Gasteiger partial charge in [0.2, 0.25) is 15.9 Å². The Bertz CT molecular complexity index is 363. The lowest BCUT2D eigenvalue weighted by Gasteiger charge is -2.33. The van der Waals surface area contributed by atoms with Gasteiger partial charge in [-0.3, -0.25) is 4.79 Å². The highest BCUT2D eigenvalue weighted by atomic mass is 32.2. The lowest BCUT2D eigenvalue weighted by atomic mass is 10.2. The Kier molecular flexibility index (Phi) is 2.70. The molecule has 0 bridgehead atoms. The number of amides is 1. The van der Waals surface area contributed by atoms with Crippen molar-refractivity contribution in [2.75, 3.05) is 19.6 Å². The molecule has 3 N–H and O–H groups in total. The van der Waals surface area contributed by atoms with Crippen LogP contribution in [-0.2, 0) is 14.8 Å². The Hall–Kier alpha value is -0.660. The predicted molar refractivity (Wildman–Crippen MR) is 54.5 cm³/mol. The zero-order valence-electron chi connectivity index (χ0n) is 8.35. The van der Waals surface area contributed by atoms with Crippen LogP contribution in [0.3, 0.4) is 0 Å². The Morgan fingerprint density at radius 3 is 2.60 bits per heavy atom. The molecule has 0 aromatic carbocycles. The molecule has 15 heavy (non-hydrogen) atoms. The topological polar surface area (TPSA) is 92.5 Å². The third-order valence-electron chi connectivity index (χ3n) is 2.80. The molecule has 1 atom stereocenters. The van der Waals surface area contributed by atoms with Crippen LogP contribution in [0.2, 0.25) is 0 Å². The van der Waals surface area contributed by atoms with E-state index in [0.717, 1.165) is 0 Å². The van der Waals surface area contributed by atoms with Gasteiger partial charge < -0.3 is 11.1 Å². The number of primary amides is 1. The first-order valence-corrected chi connectivity index (χ1v) is 6.54. The van der Waals surface area contributed by atoms with E-state index in [0.29, 0.717) is 32.5 Å². The van der Waals surface area contributed by atoms with Crippen molar-refractivity contribution in [3.63, 3.8) is 0 Å². The number of sulfonamides is 1. The molecule has 2 fully saturated rings. The fourth-order valence-electron chi connectivity index (χ4n) is 1.79. The number of piperazine rings is 1. The number of hydrogen-bond donors (Lipinski definition) is 2. The summed E-state index contributed by atoms with van der Waals surface area (Å²) in [7, 11) is -3.29. The molecule has 1 saturated carbocycles. The maximum absolute atomic E-state index is 12.0. The minimum Gasteiger partial charge on any atom is -0.368 e. The van der Waals surface area contributed by atoms with Crippen LogP contribution in [0.5, 0.6) is 0 Å². The standard InChI is InChI=1S/C8H15N3O3S/c9-8(12)7-5-10-3-4-11(7)15(13,14)6-1-2-6/h6-7,10H,1-5H2,(H2,9,12). The summed E-state index contributed by atoms with van der Waals surface area (Å²) in [6.45, 7) is 1.24. The Labute approximate surface area is 88.9 Å². The molecule has 1 amide bonds. The molecule has 86 valence electrons. The van der Waals surface area contributed by atoms with E-state index >= 15 is 0 Å². The van der Waals surface area contributed by atoms with E-state index in [1.165, 1.54) is 4.31 Å². The molecule has 0 spiro atoms. The van der Waals surface area contributed by atoms with Crippen molar-refractivity contribution in [2.45, 2.75) is 24.1 Å². The van der Waals surface area contributed by atoms with Crippen LogP contribution in [0.1, 0.15) is 12.8 Å². The molecule has 2 rings (SSSR count). The van der Waals surface area contributed by atoms with Gasteiger partial charge in [0.05, 0.1) is 5.25 Å². The van der Waals surface area contributed by atoms with Crippen molar-refractivity contribution in [1.29, 1.82) is 0 Å². The van der Waals surface area contributed by atoms with Crippen molar-refractivity contribution in [3.8, 4) is 0 Å². The highest BCUT2D eigenvalue weighted by Crippen LogP contribution is 2.32. The quantitative estimate of drug-likeness (QED) is 0.604. The van der Waals surface area contributed by atoms with Crippen LogP contribution in [0, 0.1) is 0 Å². The van der Waals surface area contributed by atoms with Crippen molar-refractivity contribution in [1.82, 2.24) is 9.62 Å². The van der Waals surface area contributed by atoms with E-state index < -0.39 is 22.0 Å². The van der Waals surface area contributed by atoms with E-state index in [1.54, 1.807) is 0 Å². The third-order valence-corrected chi connectivity index (χ3v) is 5.20. The average molecular weight is 233 g/mol. The number of nitrogens with one attached hydrogen (secondary N) is 1. The van der Waals surface area contributed by atoms with Crippen molar-refractivity contribution in [3.05, 3.63) is 0 Å². The summed E-state index contributed by atoms with van der Waals surface area (Å²) < 4.78 is 25.2. The van der Waals surface area contributed by atoms with Gasteiger partial charge in [-0.2, -0.15) is 4.31 Å². The van der Waals surface area contributed by atoms with Gasteiger partial charge in [-0.1, -0.05) is 0 Å². The summed E-state index contributed by atoms with van der Waals surface area (Å²) >= 11 is 0. The smallest absolute Gasteiger partial charge is 0.237 e. The Morgan fingerprint density at radius 2 is 2.07 bits per heavy atom. The summed E-state index contributed by atoms with van der Waals surface area (Å²) in [6.07, 6.45) is 1.41. The van der Waals surface area contributed by atoms with E-state index in [2.05, 4.69) is 5.32 Å². The van der Waals surface area contributed by atoms with Crippen LogP contribution in [0.15, 0.2) is 0 Å². The monoisotopic (exact) mass is 233 g/mol. The van der Waals surface area contributed by atoms with Crippen molar-refractivity contribution >= 4 is 15.9 Å². The van der Waals surface area contributed by atoms with Gasteiger partial charge in [0.25, 0.3) is 0 Å². The Balaban J connectivity index is 2.20. The second-order valence-corrected chi connectivity index (χ2v) is 6.14. The lowest BCUT2D eigenvalue weighted by molar-refractivity contribution is -0.122. The fourth-order valence-corrected chi connectivity index (χ4v) is 3.78. The second kappa shape index (κ2) is 3.73. The zero-order chi connectivity index (χ0) is 11.1. The number of hydrogen-bond acceptors (Lipinski definition) is 4. The molecular formula is C8H15N3O3S. The van der Waals surface area contributed by atoms with E-state index in [1.807, 2.05) is 0 Å². The summed E-state index contributed by atoms with van der Waals surface area (Å²) in [4.78, 5) is 11.1. The van der Waals surface area contributed by atoms with Crippen LogP contribution in [0.4, 0.5) is 0 Å². The molecule has 1 saturated heterocycles. The fraction of sp³-hybridized carbons (Fsp3) is 0.875. The number of carbonyl (C=O) groups is 1. The number of nitrogens with zero attached hydrogens (tertiary/aromatic N) is 1. The van der Waals surface area contributed by atoms with Gasteiger partial charge in [-0.05, 0) is 12.8 Å². The summed E-state index contributed by atoms with van der Waals surface area (Å²) in [5.74, 6) is -0.577. The van der Waals surface area contributed by atoms with Crippen LogP contribution >= 0.6 is 0 Å². The molecule has 6 nitrogen and oxygen atoms in total. The second-order valence-electron chi connectivity index (χ2n) is 3.98. The molecule has 0 radical (unpaired) electrons. The molecule has 2 aliphatic rings. The molecular weight excluding hydrogens is 218 g/mol. The van der Waals surface area contributed by atoms with Crippen LogP contribution < -0.4 is 11.1 Å². The van der Waals surface area contributed by atoms with E-state index in [-0.39, 0.29) is 5.25 Å². The lowest BCUT2D eigenvalue weighted by Crippen LogP contribution is -2.59. The van der Waals surface area contributed by atoms with E-state index in [4.69, 9.17) is 5.73 Å². The van der Waals surface area contributed by atoms with Crippen LogP contribution in [0.25, 0.3) is 0 Å². The number of rotatable bonds is 3. The summed E-state index contributed by atoms with van der Waals surface area (Å²) in [5, 5.41) is 2.69. The molecule has 0 aromatic heterocycles. The molecule has 0 aromatic rings. The molecule has 1 aliphatic carbocycles. The van der Waals surface area contributed by atoms with Crippen molar-refractivity contribution in [2.24, 2.45) is 5.73 Å². The van der Waals surface area contributed by atoms with Gasteiger partial charge in [-0.25, -0.2) is 8.42 Å². The van der Waals surface area contributed by atoms with Gasteiger partial charge >= 0.3 is 0 Å². The minimum atomic E-state index is -3.29. The maximum atomic E-state index is 12.0. The number of carbonyl (C=O) groups excluding carboxylic acids is 1. The summed E-state index contributed by atoms with van der Waals surface area (Å²) in [5.41, 5.74) is 5.19. The average Bonchev–Trinajstić information content (AvgIpc) is 3.01. The predicted octanol–water partition coefficient (Wildman–Crippen LogP) is -1.76. The van der Waals surface area contributed by atoms with Gasteiger partial charge in [-0.15, -0.1) is 0 Å². The van der Waals surface area contributed by atoms with E-state index in [9.17, 15) is 13.2 Å². The molecule has 1 heterocycles. The summed E-state index contributed by atoms with van der Waals surface area (Å²) in [6, 6.07) is -0.718. The number of nitrogens with two attached hydrogens (primary N) is 1. The maximum Gasteiger partial charge on any atom is 0.237 e. The largest absolute Gasteiger partial charge is 0.368 e. The van der Waals surface area contributed by atoms with Gasteiger partial charge in [0.1, 0.15) is 6.04 Å². The highest BCUT2D eigenvalue weighted by Gasteiger charge is 2.44. The molecule has 1 unspecified atom stereocenters. The van der Waals surface area contributed by atoms with Gasteiger partial charge in [0, 0.05) is 19.6 Å². The highest BCUT2D eigenvalue weighted by molar-refractivity contribution is 7.90. The Morgan fingerprint density at radius 1 is 1.40 bits per heavy atom. The third kappa shape index (κ3) is 1.99. The first-order valence-electron chi connectivity index (χ1n) is 5.04. The first kappa shape index (κ1) is 10.8.